The summed E-state index contributed by atoms with van der Waals surface area (Å²) in [6.45, 7) is 0. The van der Waals surface area contributed by atoms with E-state index in [0.717, 1.165) is 0 Å². The molecular formula is C8H7BrN4O2S. The van der Waals surface area contributed by atoms with Gasteiger partial charge in [-0.05, 0) is 22.0 Å². The van der Waals surface area contributed by atoms with Crippen LogP contribution in [-0.4, -0.2) is 23.6 Å². The van der Waals surface area contributed by atoms with Crippen molar-refractivity contribution in [3.8, 4) is 0 Å². The van der Waals surface area contributed by atoms with Crippen LogP contribution < -0.4 is 4.72 Å². The minimum absolute atomic E-state index is 0.0801. The number of H-pyrrole nitrogens is 1. The lowest BCUT2D eigenvalue weighted by Crippen LogP contribution is -2.13. The maximum atomic E-state index is 11.8. The van der Waals surface area contributed by atoms with Crippen LogP contribution in [-0.2, 0) is 10.0 Å². The zero-order chi connectivity index (χ0) is 11.6. The predicted octanol–water partition coefficient (Wildman–Crippen LogP) is 1.37. The Morgan fingerprint density at radius 2 is 2.19 bits per heavy atom. The standard InChI is InChI=1S/C8H7BrN4O2S/c9-6-3-7(5-10-4-6)16(14,15)13-8-1-2-11-12-8/h1-5H,(H2,11,12,13). The van der Waals surface area contributed by atoms with Crippen molar-refractivity contribution in [2.75, 3.05) is 4.72 Å². The molecule has 0 bridgehead atoms. The lowest BCUT2D eigenvalue weighted by Gasteiger charge is -2.05. The van der Waals surface area contributed by atoms with Crippen molar-refractivity contribution in [3.63, 3.8) is 0 Å². The molecule has 0 saturated heterocycles. The molecule has 2 heterocycles. The van der Waals surface area contributed by atoms with Crippen molar-refractivity contribution in [2.45, 2.75) is 4.90 Å². The van der Waals surface area contributed by atoms with Crippen molar-refractivity contribution in [3.05, 3.63) is 35.2 Å². The summed E-state index contributed by atoms with van der Waals surface area (Å²) < 4.78 is 26.6. The van der Waals surface area contributed by atoms with Crippen molar-refractivity contribution in [1.29, 1.82) is 0 Å². The number of aromatic nitrogens is 3. The van der Waals surface area contributed by atoms with Crippen LogP contribution in [0.25, 0.3) is 0 Å². The summed E-state index contributed by atoms with van der Waals surface area (Å²) in [5.41, 5.74) is 0. The average molecular weight is 303 g/mol. The molecule has 0 aliphatic rings. The molecular weight excluding hydrogens is 296 g/mol. The number of aromatic amines is 1. The number of anilines is 1. The molecule has 0 amide bonds. The van der Waals surface area contributed by atoms with Crippen LogP contribution in [0.1, 0.15) is 0 Å². The SMILES string of the molecule is O=S(=O)(Nc1ccn[nH]1)c1cncc(Br)c1. The molecule has 8 heteroatoms. The molecule has 2 rings (SSSR count). The van der Waals surface area contributed by atoms with Crippen molar-refractivity contribution in [2.24, 2.45) is 0 Å². The third-order valence-corrected chi connectivity index (χ3v) is 3.50. The van der Waals surface area contributed by atoms with Crippen molar-refractivity contribution >= 4 is 31.8 Å². The number of nitrogens with one attached hydrogen (secondary N) is 2. The summed E-state index contributed by atoms with van der Waals surface area (Å²) in [6, 6.07) is 2.98. The highest BCUT2D eigenvalue weighted by Crippen LogP contribution is 2.16. The minimum atomic E-state index is -3.62. The van der Waals surface area contributed by atoms with E-state index >= 15 is 0 Å². The molecule has 2 aromatic heterocycles. The largest absolute Gasteiger partial charge is 0.264 e. The zero-order valence-electron chi connectivity index (χ0n) is 7.88. The van der Waals surface area contributed by atoms with E-state index in [-0.39, 0.29) is 4.90 Å². The maximum Gasteiger partial charge on any atom is 0.264 e. The molecule has 0 saturated carbocycles. The van der Waals surface area contributed by atoms with Gasteiger partial charge in [0.15, 0.2) is 0 Å². The number of rotatable bonds is 3. The highest BCUT2D eigenvalue weighted by molar-refractivity contribution is 9.10. The van der Waals surface area contributed by atoms with E-state index in [2.05, 4.69) is 35.8 Å². The van der Waals surface area contributed by atoms with E-state index in [1.165, 1.54) is 30.7 Å². The normalized spacial score (nSPS) is 11.3. The Morgan fingerprint density at radius 1 is 1.38 bits per heavy atom. The molecule has 2 N–H and O–H groups in total. The third-order valence-electron chi connectivity index (χ3n) is 1.74. The highest BCUT2D eigenvalue weighted by Gasteiger charge is 2.15. The van der Waals surface area contributed by atoms with E-state index in [0.29, 0.717) is 10.3 Å². The zero-order valence-corrected chi connectivity index (χ0v) is 10.3. The van der Waals surface area contributed by atoms with Crippen LogP contribution in [0.2, 0.25) is 0 Å². The molecule has 2 aromatic rings. The molecule has 0 spiro atoms. The van der Waals surface area contributed by atoms with Gasteiger partial charge in [-0.15, -0.1) is 0 Å². The van der Waals surface area contributed by atoms with E-state index < -0.39 is 10.0 Å². The van der Waals surface area contributed by atoms with Crippen LogP contribution in [0, 0.1) is 0 Å². The number of nitrogens with zero attached hydrogens (tertiary/aromatic N) is 2. The van der Waals surface area contributed by atoms with E-state index in [9.17, 15) is 8.42 Å². The Morgan fingerprint density at radius 3 is 2.81 bits per heavy atom. The predicted molar refractivity (Wildman–Crippen MR) is 61.3 cm³/mol. The molecule has 0 atom stereocenters. The van der Waals surface area contributed by atoms with E-state index in [1.807, 2.05) is 0 Å². The number of halogens is 1. The van der Waals surface area contributed by atoms with Crippen LogP contribution in [0.4, 0.5) is 5.82 Å². The topological polar surface area (TPSA) is 87.7 Å². The van der Waals surface area contributed by atoms with Crippen LogP contribution in [0.15, 0.2) is 40.1 Å². The second kappa shape index (κ2) is 4.22. The summed E-state index contributed by atoms with van der Waals surface area (Å²) in [7, 11) is -3.62. The van der Waals surface area contributed by atoms with E-state index in [1.54, 1.807) is 0 Å². The summed E-state index contributed by atoms with van der Waals surface area (Å²) in [5, 5.41) is 6.15. The first kappa shape index (κ1) is 11.1. The molecule has 0 aliphatic carbocycles. The molecule has 0 aromatic carbocycles. The van der Waals surface area contributed by atoms with Gasteiger partial charge in [-0.25, -0.2) is 8.42 Å². The quantitative estimate of drug-likeness (QED) is 0.896. The summed E-state index contributed by atoms with van der Waals surface area (Å²) in [4.78, 5) is 3.87. The lowest BCUT2D eigenvalue weighted by atomic mass is 10.5. The van der Waals surface area contributed by atoms with Crippen molar-refractivity contribution < 1.29 is 8.42 Å². The van der Waals surface area contributed by atoms with Gasteiger partial charge in [0.2, 0.25) is 0 Å². The number of pyridine rings is 1. The second-order valence-electron chi connectivity index (χ2n) is 2.91. The monoisotopic (exact) mass is 302 g/mol. The first-order valence-corrected chi connectivity index (χ1v) is 6.48. The molecule has 0 radical (unpaired) electrons. The fraction of sp³-hybridized carbons (Fsp3) is 0. The number of hydrogen-bond donors (Lipinski definition) is 2. The molecule has 16 heavy (non-hydrogen) atoms. The van der Waals surface area contributed by atoms with Gasteiger partial charge >= 0.3 is 0 Å². The van der Waals surface area contributed by atoms with Crippen molar-refractivity contribution in [1.82, 2.24) is 15.2 Å². The van der Waals surface area contributed by atoms with Crippen LogP contribution >= 0.6 is 15.9 Å². The maximum absolute atomic E-state index is 11.8. The fourth-order valence-electron chi connectivity index (χ4n) is 1.06. The molecule has 84 valence electrons. The first-order chi connectivity index (χ1) is 7.58. The Kier molecular flexibility index (Phi) is 2.92. The number of hydrogen-bond acceptors (Lipinski definition) is 4. The number of sulfonamides is 1. The van der Waals surface area contributed by atoms with E-state index in [4.69, 9.17) is 0 Å². The average Bonchev–Trinajstić information content (AvgIpc) is 2.70. The van der Waals surface area contributed by atoms with Gasteiger partial charge in [0.1, 0.15) is 10.7 Å². The molecule has 0 aliphatic heterocycles. The smallest absolute Gasteiger partial charge is 0.264 e. The molecule has 6 nitrogen and oxygen atoms in total. The van der Waals surface area contributed by atoms with Crippen LogP contribution in [0.5, 0.6) is 0 Å². The second-order valence-corrected chi connectivity index (χ2v) is 5.51. The Hall–Kier alpha value is -1.41. The lowest BCUT2D eigenvalue weighted by molar-refractivity contribution is 0.600. The van der Waals surface area contributed by atoms with Gasteiger partial charge in [-0.1, -0.05) is 0 Å². The van der Waals surface area contributed by atoms with Gasteiger partial charge < -0.3 is 0 Å². The molecule has 0 fully saturated rings. The first-order valence-electron chi connectivity index (χ1n) is 4.21. The van der Waals surface area contributed by atoms with Gasteiger partial charge in [0, 0.05) is 22.9 Å². The van der Waals surface area contributed by atoms with Crippen LogP contribution in [0.3, 0.4) is 0 Å². The van der Waals surface area contributed by atoms with Gasteiger partial charge in [-0.3, -0.25) is 14.8 Å². The molecule has 0 unspecified atom stereocenters. The summed E-state index contributed by atoms with van der Waals surface area (Å²) >= 11 is 3.16. The van der Waals surface area contributed by atoms with Gasteiger partial charge in [-0.2, -0.15) is 5.10 Å². The van der Waals surface area contributed by atoms with Gasteiger partial charge in [0.05, 0.1) is 6.20 Å². The Bertz CT molecular complexity index is 582. The minimum Gasteiger partial charge on any atom is -0.264 e. The Labute approximate surface area is 100 Å². The third kappa shape index (κ3) is 2.39. The van der Waals surface area contributed by atoms with Gasteiger partial charge in [0.25, 0.3) is 10.0 Å². The fourth-order valence-corrected chi connectivity index (χ4v) is 2.57. The summed E-state index contributed by atoms with van der Waals surface area (Å²) in [5.74, 6) is 0.306. The summed E-state index contributed by atoms with van der Waals surface area (Å²) in [6.07, 6.45) is 4.23. The highest BCUT2D eigenvalue weighted by atomic mass is 79.9. The Balaban J connectivity index is 2.33.